The summed E-state index contributed by atoms with van der Waals surface area (Å²) in [4.78, 5) is 12.3. The third-order valence-corrected chi connectivity index (χ3v) is 4.65. The first kappa shape index (κ1) is 17.1. The highest BCUT2D eigenvalue weighted by Crippen LogP contribution is 2.42. The molecule has 0 saturated heterocycles. The third kappa shape index (κ3) is 3.57. The highest BCUT2D eigenvalue weighted by molar-refractivity contribution is 7.99. The Bertz CT molecular complexity index is 491. The average molecular weight is 330 g/mol. The van der Waals surface area contributed by atoms with Crippen molar-refractivity contribution >= 4 is 39.6 Å². The van der Waals surface area contributed by atoms with Gasteiger partial charge in [-0.15, -0.1) is 23.1 Å². The quantitative estimate of drug-likeness (QED) is 0.451. The van der Waals surface area contributed by atoms with Crippen LogP contribution in [0.1, 0.15) is 23.0 Å². The van der Waals surface area contributed by atoms with Crippen molar-refractivity contribution in [1.29, 1.82) is 0 Å². The van der Waals surface area contributed by atoms with Gasteiger partial charge in [-0.3, -0.25) is 4.79 Å². The number of nitrogens with two attached hydrogens (primary N) is 1. The average Bonchev–Trinajstić information content (AvgIpc) is 2.71. The van der Waals surface area contributed by atoms with Gasteiger partial charge in [-0.1, -0.05) is 6.92 Å². The molecule has 114 valence electrons. The number of halogens is 4. The second kappa shape index (κ2) is 6.66. The van der Waals surface area contributed by atoms with Gasteiger partial charge in [0, 0.05) is 6.42 Å². The summed E-state index contributed by atoms with van der Waals surface area (Å²) >= 11 is 2.08. The van der Waals surface area contributed by atoms with Crippen molar-refractivity contribution < 1.29 is 22.4 Å². The molecule has 0 bridgehead atoms. The Hall–Kier alpha value is -0.960. The van der Waals surface area contributed by atoms with Gasteiger partial charge in [0.05, 0.1) is 22.0 Å². The highest BCUT2D eigenvalue weighted by Gasteiger charge is 2.40. The van der Waals surface area contributed by atoms with Gasteiger partial charge in [0.2, 0.25) is 0 Å². The lowest BCUT2D eigenvalue weighted by atomic mass is 10.2. The molecule has 0 aromatic carbocycles. The van der Waals surface area contributed by atoms with E-state index >= 15 is 0 Å². The summed E-state index contributed by atoms with van der Waals surface area (Å²) in [7, 11) is 0. The molecule has 0 aliphatic heterocycles. The van der Waals surface area contributed by atoms with Crippen molar-refractivity contribution in [3.05, 3.63) is 4.88 Å². The van der Waals surface area contributed by atoms with Crippen LogP contribution >= 0.6 is 23.1 Å². The van der Waals surface area contributed by atoms with E-state index in [2.05, 4.69) is 5.32 Å². The molecule has 1 rings (SSSR count). The normalized spacial score (nSPS) is 11.9. The van der Waals surface area contributed by atoms with Gasteiger partial charge < -0.3 is 11.1 Å². The van der Waals surface area contributed by atoms with E-state index in [0.29, 0.717) is 4.90 Å². The molecule has 3 N–H and O–H groups in total. The zero-order valence-corrected chi connectivity index (χ0v) is 12.4. The number of ketones is 1. The zero-order chi connectivity index (χ0) is 15.5. The van der Waals surface area contributed by atoms with Crippen molar-refractivity contribution in [2.24, 2.45) is 0 Å². The summed E-state index contributed by atoms with van der Waals surface area (Å²) in [6, 6.07) is 0. The van der Waals surface area contributed by atoms with Crippen LogP contribution in [0, 0.1) is 0 Å². The fourth-order valence-corrected chi connectivity index (χ4v) is 3.43. The van der Waals surface area contributed by atoms with Crippen LogP contribution in [-0.4, -0.2) is 30.9 Å². The molecule has 1 aromatic rings. The van der Waals surface area contributed by atoms with E-state index < -0.39 is 18.9 Å². The van der Waals surface area contributed by atoms with Crippen LogP contribution in [0.2, 0.25) is 0 Å². The Labute approximate surface area is 121 Å². The topological polar surface area (TPSA) is 55.1 Å². The summed E-state index contributed by atoms with van der Waals surface area (Å²) in [5.41, 5.74) is 5.99. The molecule has 0 amide bonds. The fourth-order valence-electron chi connectivity index (χ4n) is 1.39. The molecule has 0 aliphatic rings. The van der Waals surface area contributed by atoms with Crippen LogP contribution in [0.3, 0.4) is 0 Å². The first-order valence-electron chi connectivity index (χ1n) is 5.63. The van der Waals surface area contributed by atoms with Crippen LogP contribution in [-0.2, 0) is 0 Å². The maximum atomic E-state index is 12.9. The molecule has 0 unspecified atom stereocenters. The Morgan fingerprint density at radius 3 is 2.55 bits per heavy atom. The number of rotatable bonds is 7. The molecule has 0 atom stereocenters. The molecular weight excluding hydrogens is 316 g/mol. The molecule has 1 heterocycles. The molecule has 0 fully saturated rings. The summed E-state index contributed by atoms with van der Waals surface area (Å²) in [5.74, 6) is -4.35. The molecule has 0 spiro atoms. The van der Waals surface area contributed by atoms with Crippen molar-refractivity contribution in [3.8, 4) is 0 Å². The van der Waals surface area contributed by atoms with Crippen molar-refractivity contribution in [2.45, 2.75) is 30.6 Å². The van der Waals surface area contributed by atoms with Gasteiger partial charge >= 0.3 is 12.3 Å². The number of anilines is 2. The Morgan fingerprint density at radius 2 is 2.10 bits per heavy atom. The highest BCUT2D eigenvalue weighted by atomic mass is 32.2. The second-order valence-corrected chi connectivity index (χ2v) is 5.74. The smallest absolute Gasteiger partial charge is 0.324 e. The third-order valence-electron chi connectivity index (χ3n) is 2.48. The van der Waals surface area contributed by atoms with Crippen molar-refractivity contribution in [2.75, 3.05) is 23.9 Å². The molecule has 20 heavy (non-hydrogen) atoms. The minimum absolute atomic E-state index is 0.206. The number of nitrogens with one attached hydrogen (secondary N) is 1. The lowest BCUT2D eigenvalue weighted by molar-refractivity contribution is -0.117. The standard InChI is InChI=1S/C11H14F4N2OS2/c1-3-5(18)7-6(16)8(19-2)9(20-7)17-4-11(14,15)10(12)13/h10,17H,3-4,16H2,1-2H3. The number of hydrogen-bond donors (Lipinski definition) is 2. The van der Waals surface area contributed by atoms with Gasteiger partial charge in [0.15, 0.2) is 5.78 Å². The fraction of sp³-hybridized carbons (Fsp3) is 0.545. The van der Waals surface area contributed by atoms with Gasteiger partial charge in [0.1, 0.15) is 5.00 Å². The minimum atomic E-state index is -4.14. The minimum Gasteiger partial charge on any atom is -0.396 e. The van der Waals surface area contributed by atoms with Crippen LogP contribution in [0.25, 0.3) is 0 Å². The molecular formula is C11H14F4N2OS2. The predicted octanol–water partition coefficient (Wildman–Crippen LogP) is 3.96. The molecule has 0 saturated carbocycles. The number of Topliss-reactive ketones (excluding diaryl/α,β-unsaturated/α-hetero) is 1. The lowest BCUT2D eigenvalue weighted by Crippen LogP contribution is -2.34. The van der Waals surface area contributed by atoms with E-state index in [1.54, 1.807) is 13.2 Å². The van der Waals surface area contributed by atoms with E-state index in [0.717, 1.165) is 11.3 Å². The van der Waals surface area contributed by atoms with Crippen LogP contribution < -0.4 is 11.1 Å². The number of alkyl halides is 4. The van der Waals surface area contributed by atoms with Gasteiger partial charge in [-0.05, 0) is 6.26 Å². The number of thioether (sulfide) groups is 1. The van der Waals surface area contributed by atoms with Crippen molar-refractivity contribution in [1.82, 2.24) is 0 Å². The van der Waals surface area contributed by atoms with E-state index in [1.165, 1.54) is 11.8 Å². The lowest BCUT2D eigenvalue weighted by Gasteiger charge is -2.16. The van der Waals surface area contributed by atoms with Gasteiger partial charge in [0.25, 0.3) is 0 Å². The zero-order valence-electron chi connectivity index (χ0n) is 10.8. The molecule has 3 nitrogen and oxygen atoms in total. The number of hydrogen-bond acceptors (Lipinski definition) is 5. The maximum absolute atomic E-state index is 12.9. The van der Waals surface area contributed by atoms with E-state index in [-0.39, 0.29) is 27.8 Å². The van der Waals surface area contributed by atoms with E-state index in [1.807, 2.05) is 0 Å². The largest absolute Gasteiger partial charge is 0.396 e. The molecule has 1 aromatic heterocycles. The maximum Gasteiger partial charge on any atom is 0.324 e. The number of thiophene rings is 1. The number of carbonyl (C=O) groups excluding carboxylic acids is 1. The Kier molecular flexibility index (Phi) is 5.69. The SMILES string of the molecule is CCC(=O)c1sc(NCC(F)(F)C(F)F)c(SC)c1N. The molecule has 0 radical (unpaired) electrons. The van der Waals surface area contributed by atoms with E-state index in [9.17, 15) is 22.4 Å². The summed E-state index contributed by atoms with van der Waals surface area (Å²) in [6.07, 6.45) is -1.86. The Balaban J connectivity index is 2.98. The van der Waals surface area contributed by atoms with E-state index in [4.69, 9.17) is 5.73 Å². The van der Waals surface area contributed by atoms with Gasteiger partial charge in [-0.2, -0.15) is 8.78 Å². The Morgan fingerprint density at radius 1 is 1.50 bits per heavy atom. The van der Waals surface area contributed by atoms with Crippen LogP contribution in [0.4, 0.5) is 28.3 Å². The monoisotopic (exact) mass is 330 g/mol. The number of carbonyl (C=O) groups is 1. The molecule has 0 aliphatic carbocycles. The van der Waals surface area contributed by atoms with Crippen molar-refractivity contribution in [3.63, 3.8) is 0 Å². The summed E-state index contributed by atoms with van der Waals surface area (Å²) in [6.45, 7) is 0.441. The van der Waals surface area contributed by atoms with Gasteiger partial charge in [-0.25, -0.2) is 8.78 Å². The predicted molar refractivity (Wildman–Crippen MR) is 74.6 cm³/mol. The number of nitrogen functional groups attached to an aromatic ring is 1. The van der Waals surface area contributed by atoms with Crippen LogP contribution in [0.15, 0.2) is 4.90 Å². The van der Waals surface area contributed by atoms with Crippen LogP contribution in [0.5, 0.6) is 0 Å². The first-order chi connectivity index (χ1) is 9.24. The molecule has 9 heteroatoms. The second-order valence-electron chi connectivity index (χ2n) is 3.90. The first-order valence-corrected chi connectivity index (χ1v) is 7.68. The summed E-state index contributed by atoms with van der Waals surface area (Å²) < 4.78 is 50.0. The summed E-state index contributed by atoms with van der Waals surface area (Å²) in [5, 5.41) is 2.48.